The Bertz CT molecular complexity index is 708. The smallest absolute Gasteiger partial charge is 0.270 e. The molecule has 5 nitrogen and oxygen atoms in total. The summed E-state index contributed by atoms with van der Waals surface area (Å²) in [5, 5.41) is 31.8. The molecule has 5 heteroatoms. The summed E-state index contributed by atoms with van der Waals surface area (Å²) in [7, 11) is 0. The molecular weight excluding hydrogens is 246 g/mol. The van der Waals surface area contributed by atoms with Crippen molar-refractivity contribution in [3.05, 3.63) is 57.6 Å². The van der Waals surface area contributed by atoms with Gasteiger partial charge in [-0.05, 0) is 40.1 Å². The van der Waals surface area contributed by atoms with E-state index in [0.29, 0.717) is 10.9 Å². The SMILES string of the molecule is O=[N+]([O-])c1ccc2cc3c(cc2c1)[C@H](O)[C@@H](O)C=C3. The molecule has 0 saturated heterocycles. The van der Waals surface area contributed by atoms with Crippen LogP contribution in [0.4, 0.5) is 5.69 Å². The third-order valence-electron chi connectivity index (χ3n) is 3.35. The Labute approximate surface area is 108 Å². The van der Waals surface area contributed by atoms with Crippen LogP contribution in [-0.2, 0) is 0 Å². The van der Waals surface area contributed by atoms with E-state index >= 15 is 0 Å². The van der Waals surface area contributed by atoms with Crippen molar-refractivity contribution < 1.29 is 15.1 Å². The summed E-state index contributed by atoms with van der Waals surface area (Å²) in [4.78, 5) is 10.3. The summed E-state index contributed by atoms with van der Waals surface area (Å²) < 4.78 is 0. The van der Waals surface area contributed by atoms with Crippen LogP contribution < -0.4 is 0 Å². The predicted octanol–water partition coefficient (Wildman–Crippen LogP) is 2.17. The van der Waals surface area contributed by atoms with Gasteiger partial charge in [0, 0.05) is 12.1 Å². The Balaban J connectivity index is 2.23. The summed E-state index contributed by atoms with van der Waals surface area (Å²) >= 11 is 0. The van der Waals surface area contributed by atoms with Gasteiger partial charge in [-0.2, -0.15) is 0 Å². The van der Waals surface area contributed by atoms with Crippen LogP contribution in [-0.4, -0.2) is 21.2 Å². The van der Waals surface area contributed by atoms with Crippen LogP contribution in [0, 0.1) is 10.1 Å². The average Bonchev–Trinajstić information content (AvgIpc) is 2.41. The summed E-state index contributed by atoms with van der Waals surface area (Å²) in [5.74, 6) is 0. The first-order valence-electron chi connectivity index (χ1n) is 5.83. The molecule has 19 heavy (non-hydrogen) atoms. The number of hydrogen-bond donors (Lipinski definition) is 2. The van der Waals surface area contributed by atoms with Crippen molar-refractivity contribution in [1.29, 1.82) is 0 Å². The van der Waals surface area contributed by atoms with Gasteiger partial charge in [0.2, 0.25) is 0 Å². The molecule has 0 heterocycles. The summed E-state index contributed by atoms with van der Waals surface area (Å²) in [6, 6.07) is 8.13. The number of benzene rings is 2. The second kappa shape index (κ2) is 4.15. The van der Waals surface area contributed by atoms with Crippen LogP contribution in [0.2, 0.25) is 0 Å². The molecule has 96 valence electrons. The van der Waals surface area contributed by atoms with Crippen molar-refractivity contribution >= 4 is 22.5 Å². The molecule has 3 rings (SSSR count). The van der Waals surface area contributed by atoms with Crippen LogP contribution in [0.3, 0.4) is 0 Å². The molecule has 0 saturated carbocycles. The van der Waals surface area contributed by atoms with Gasteiger partial charge in [0.05, 0.1) is 4.92 Å². The van der Waals surface area contributed by atoms with Crippen LogP contribution in [0.1, 0.15) is 17.2 Å². The topological polar surface area (TPSA) is 83.6 Å². The summed E-state index contributed by atoms with van der Waals surface area (Å²) in [6.45, 7) is 0. The summed E-state index contributed by atoms with van der Waals surface area (Å²) in [6.07, 6.45) is 1.34. The van der Waals surface area contributed by atoms with Gasteiger partial charge in [0.15, 0.2) is 0 Å². The number of hydrogen-bond acceptors (Lipinski definition) is 4. The molecule has 0 spiro atoms. The van der Waals surface area contributed by atoms with Gasteiger partial charge in [-0.25, -0.2) is 0 Å². The fraction of sp³-hybridized carbons (Fsp3) is 0.143. The van der Waals surface area contributed by atoms with Gasteiger partial charge in [-0.15, -0.1) is 0 Å². The lowest BCUT2D eigenvalue weighted by molar-refractivity contribution is -0.384. The minimum atomic E-state index is -0.997. The molecule has 0 aliphatic heterocycles. The van der Waals surface area contributed by atoms with Crippen LogP contribution in [0.15, 0.2) is 36.4 Å². The van der Waals surface area contributed by atoms with E-state index in [4.69, 9.17) is 0 Å². The molecule has 2 atom stereocenters. The quantitative estimate of drug-likeness (QED) is 0.605. The van der Waals surface area contributed by atoms with E-state index in [9.17, 15) is 20.3 Å². The second-order valence-corrected chi connectivity index (χ2v) is 4.56. The maximum Gasteiger partial charge on any atom is 0.270 e. The molecule has 1 aliphatic carbocycles. The zero-order chi connectivity index (χ0) is 13.6. The maximum atomic E-state index is 10.8. The molecule has 0 aromatic heterocycles. The normalized spacial score (nSPS) is 21.4. The number of nitro groups is 1. The molecule has 2 aromatic carbocycles. The Hall–Kier alpha value is -2.24. The molecule has 0 fully saturated rings. The lowest BCUT2D eigenvalue weighted by Crippen LogP contribution is -2.19. The zero-order valence-corrected chi connectivity index (χ0v) is 9.85. The first kappa shape index (κ1) is 11.8. The van der Waals surface area contributed by atoms with Crippen molar-refractivity contribution in [2.24, 2.45) is 0 Å². The van der Waals surface area contributed by atoms with Crippen molar-refractivity contribution in [3.8, 4) is 0 Å². The van der Waals surface area contributed by atoms with Gasteiger partial charge in [0.25, 0.3) is 5.69 Å². The van der Waals surface area contributed by atoms with Crippen LogP contribution in [0.5, 0.6) is 0 Å². The Morgan fingerprint density at radius 1 is 1.11 bits per heavy atom. The van der Waals surface area contributed by atoms with E-state index in [0.717, 1.165) is 10.9 Å². The third kappa shape index (κ3) is 1.89. The lowest BCUT2D eigenvalue weighted by atomic mass is 9.90. The number of rotatable bonds is 1. The molecule has 0 unspecified atom stereocenters. The Kier molecular flexibility index (Phi) is 2.58. The van der Waals surface area contributed by atoms with Crippen molar-refractivity contribution in [3.63, 3.8) is 0 Å². The molecule has 0 amide bonds. The number of non-ortho nitro benzene ring substituents is 1. The van der Waals surface area contributed by atoms with Crippen molar-refractivity contribution in [1.82, 2.24) is 0 Å². The molecular formula is C14H11NO4. The highest BCUT2D eigenvalue weighted by Crippen LogP contribution is 2.32. The highest BCUT2D eigenvalue weighted by molar-refractivity contribution is 5.88. The number of aliphatic hydroxyl groups excluding tert-OH is 2. The van der Waals surface area contributed by atoms with Crippen LogP contribution >= 0.6 is 0 Å². The van der Waals surface area contributed by atoms with E-state index < -0.39 is 17.1 Å². The molecule has 2 N–H and O–H groups in total. The lowest BCUT2D eigenvalue weighted by Gasteiger charge is -2.22. The largest absolute Gasteiger partial charge is 0.386 e. The first-order valence-corrected chi connectivity index (χ1v) is 5.83. The summed E-state index contributed by atoms with van der Waals surface area (Å²) in [5.41, 5.74) is 1.41. The minimum absolute atomic E-state index is 0.00818. The number of nitrogens with zero attached hydrogens (tertiary/aromatic N) is 1. The van der Waals surface area contributed by atoms with E-state index in [1.807, 2.05) is 6.07 Å². The molecule has 2 aromatic rings. The van der Waals surface area contributed by atoms with Gasteiger partial charge < -0.3 is 10.2 Å². The highest BCUT2D eigenvalue weighted by atomic mass is 16.6. The van der Waals surface area contributed by atoms with Crippen LogP contribution in [0.25, 0.3) is 16.8 Å². The van der Waals surface area contributed by atoms with Gasteiger partial charge >= 0.3 is 0 Å². The van der Waals surface area contributed by atoms with E-state index in [1.54, 1.807) is 18.2 Å². The number of fused-ring (bicyclic) bond motifs is 2. The number of nitro benzene ring substituents is 1. The monoisotopic (exact) mass is 257 g/mol. The highest BCUT2D eigenvalue weighted by Gasteiger charge is 2.22. The van der Waals surface area contributed by atoms with E-state index in [2.05, 4.69) is 0 Å². The predicted molar refractivity (Wildman–Crippen MR) is 70.6 cm³/mol. The van der Waals surface area contributed by atoms with Gasteiger partial charge in [-0.1, -0.05) is 12.2 Å². The second-order valence-electron chi connectivity index (χ2n) is 4.56. The fourth-order valence-corrected chi connectivity index (χ4v) is 2.33. The third-order valence-corrected chi connectivity index (χ3v) is 3.35. The molecule has 0 bridgehead atoms. The van der Waals surface area contributed by atoms with Gasteiger partial charge in [0.1, 0.15) is 12.2 Å². The first-order chi connectivity index (χ1) is 9.06. The average molecular weight is 257 g/mol. The van der Waals surface area contributed by atoms with Crippen molar-refractivity contribution in [2.75, 3.05) is 0 Å². The fourth-order valence-electron chi connectivity index (χ4n) is 2.33. The minimum Gasteiger partial charge on any atom is -0.386 e. The standard InChI is InChI=1S/C14H11NO4/c16-13-4-2-9-5-8-1-3-11(15(18)19)6-10(8)7-12(9)14(13)17/h1-7,13-14,16-17H/t13-,14-/m0/s1. The van der Waals surface area contributed by atoms with Crippen molar-refractivity contribution in [2.45, 2.75) is 12.2 Å². The van der Waals surface area contributed by atoms with E-state index in [-0.39, 0.29) is 5.69 Å². The van der Waals surface area contributed by atoms with Gasteiger partial charge in [-0.3, -0.25) is 10.1 Å². The molecule has 0 radical (unpaired) electrons. The van der Waals surface area contributed by atoms with E-state index in [1.165, 1.54) is 18.2 Å². The molecule has 1 aliphatic rings. The maximum absolute atomic E-state index is 10.8. The zero-order valence-electron chi connectivity index (χ0n) is 9.85. The Morgan fingerprint density at radius 3 is 2.63 bits per heavy atom. The number of aliphatic hydroxyl groups is 2. The Morgan fingerprint density at radius 2 is 1.89 bits per heavy atom.